The zero-order valence-corrected chi connectivity index (χ0v) is 11.3. The molecule has 104 valence electrons. The molecule has 19 heavy (non-hydrogen) atoms. The molecule has 1 atom stereocenters. The molecule has 4 heteroatoms. The Morgan fingerprint density at radius 1 is 1.42 bits per heavy atom. The van der Waals surface area contributed by atoms with Gasteiger partial charge in [0.25, 0.3) is 0 Å². The van der Waals surface area contributed by atoms with Gasteiger partial charge in [-0.2, -0.15) is 0 Å². The van der Waals surface area contributed by atoms with Crippen LogP contribution in [0.4, 0.5) is 0 Å². The summed E-state index contributed by atoms with van der Waals surface area (Å²) in [7, 11) is 0. The first-order valence-electron chi connectivity index (χ1n) is 6.81. The van der Waals surface area contributed by atoms with Crippen molar-refractivity contribution >= 4 is 5.91 Å². The Kier molecular flexibility index (Phi) is 4.80. The van der Waals surface area contributed by atoms with Gasteiger partial charge in [0, 0.05) is 24.8 Å². The lowest BCUT2D eigenvalue weighted by Crippen LogP contribution is -2.40. The molecule has 1 aromatic carbocycles. The van der Waals surface area contributed by atoms with Gasteiger partial charge in [0.15, 0.2) is 0 Å². The molecular formula is C15H21NO3. The lowest BCUT2D eigenvalue weighted by Gasteiger charge is -2.28. The minimum Gasteiger partial charge on any atom is -0.508 e. The third kappa shape index (κ3) is 3.96. The molecule has 1 aliphatic rings. The van der Waals surface area contributed by atoms with Crippen LogP contribution in [-0.2, 0) is 16.0 Å². The van der Waals surface area contributed by atoms with Crippen molar-refractivity contribution in [2.75, 3.05) is 13.2 Å². The number of carbonyl (C=O) groups excluding carboxylic acids is 1. The molecule has 1 aromatic rings. The largest absolute Gasteiger partial charge is 0.508 e. The molecule has 0 bridgehead atoms. The van der Waals surface area contributed by atoms with E-state index < -0.39 is 0 Å². The van der Waals surface area contributed by atoms with Crippen molar-refractivity contribution in [1.82, 2.24) is 5.32 Å². The van der Waals surface area contributed by atoms with Gasteiger partial charge in [0.1, 0.15) is 5.75 Å². The highest BCUT2D eigenvalue weighted by atomic mass is 16.5. The lowest BCUT2D eigenvalue weighted by atomic mass is 9.93. The number of hydrogen-bond acceptors (Lipinski definition) is 3. The maximum absolute atomic E-state index is 12.0. The summed E-state index contributed by atoms with van der Waals surface area (Å²) in [5, 5.41) is 12.7. The monoisotopic (exact) mass is 263 g/mol. The number of rotatable bonds is 4. The van der Waals surface area contributed by atoms with E-state index in [9.17, 15) is 9.90 Å². The van der Waals surface area contributed by atoms with E-state index in [0.717, 1.165) is 26.1 Å². The molecule has 1 saturated heterocycles. The third-order valence-corrected chi connectivity index (χ3v) is 3.70. The van der Waals surface area contributed by atoms with Crippen molar-refractivity contribution in [2.24, 2.45) is 5.92 Å². The molecular weight excluding hydrogens is 242 g/mol. The summed E-state index contributed by atoms with van der Waals surface area (Å²) < 4.78 is 5.32. The number of phenolic OH excluding ortho intramolecular Hbond substituents is 1. The van der Waals surface area contributed by atoms with E-state index >= 15 is 0 Å². The Morgan fingerprint density at radius 3 is 2.79 bits per heavy atom. The van der Waals surface area contributed by atoms with E-state index in [1.54, 1.807) is 18.2 Å². The van der Waals surface area contributed by atoms with Crippen molar-refractivity contribution in [1.29, 1.82) is 0 Å². The molecule has 0 aromatic heterocycles. The van der Waals surface area contributed by atoms with Gasteiger partial charge in [-0.05, 0) is 31.7 Å². The third-order valence-electron chi connectivity index (χ3n) is 3.70. The summed E-state index contributed by atoms with van der Waals surface area (Å²) in [5.41, 5.74) is 0.666. The van der Waals surface area contributed by atoms with Crippen LogP contribution < -0.4 is 5.32 Å². The van der Waals surface area contributed by atoms with Crippen LogP contribution in [0.1, 0.15) is 25.3 Å². The second kappa shape index (κ2) is 6.57. The maximum Gasteiger partial charge on any atom is 0.224 e. The van der Waals surface area contributed by atoms with E-state index in [1.165, 1.54) is 0 Å². The highest BCUT2D eigenvalue weighted by molar-refractivity contribution is 5.79. The fourth-order valence-electron chi connectivity index (χ4n) is 2.47. The van der Waals surface area contributed by atoms with E-state index in [4.69, 9.17) is 4.74 Å². The Balaban J connectivity index is 1.85. The molecule has 2 N–H and O–H groups in total. The Bertz CT molecular complexity index is 427. The molecule has 1 aliphatic heterocycles. The standard InChI is InChI=1S/C15H21NO3/c1-11(12-6-8-19-9-7-12)16-15(18)10-13-4-2-3-5-14(13)17/h2-5,11-12,17H,6-10H2,1H3,(H,16,18). The number of aromatic hydroxyl groups is 1. The van der Waals surface area contributed by atoms with Crippen LogP contribution in [-0.4, -0.2) is 30.3 Å². The highest BCUT2D eigenvalue weighted by Crippen LogP contribution is 2.19. The van der Waals surface area contributed by atoms with Gasteiger partial charge in [-0.15, -0.1) is 0 Å². The minimum absolute atomic E-state index is 0.0412. The van der Waals surface area contributed by atoms with Crippen molar-refractivity contribution in [3.8, 4) is 5.75 Å². The summed E-state index contributed by atoms with van der Waals surface area (Å²) in [4.78, 5) is 12.0. The second-order valence-electron chi connectivity index (χ2n) is 5.11. The zero-order valence-electron chi connectivity index (χ0n) is 11.3. The first-order chi connectivity index (χ1) is 9.16. The summed E-state index contributed by atoms with van der Waals surface area (Å²) in [6.07, 6.45) is 2.22. The first-order valence-corrected chi connectivity index (χ1v) is 6.81. The molecule has 4 nitrogen and oxygen atoms in total. The summed E-state index contributed by atoms with van der Waals surface area (Å²) in [5.74, 6) is 0.624. The lowest BCUT2D eigenvalue weighted by molar-refractivity contribution is -0.121. The van der Waals surface area contributed by atoms with Crippen LogP contribution in [0.3, 0.4) is 0 Å². The van der Waals surface area contributed by atoms with E-state index in [0.29, 0.717) is 11.5 Å². The molecule has 0 saturated carbocycles. The predicted octanol–water partition coefficient (Wildman–Crippen LogP) is 1.87. The van der Waals surface area contributed by atoms with Crippen molar-refractivity contribution in [2.45, 2.75) is 32.2 Å². The van der Waals surface area contributed by atoms with Crippen molar-refractivity contribution < 1.29 is 14.6 Å². The zero-order chi connectivity index (χ0) is 13.7. The van der Waals surface area contributed by atoms with Crippen LogP contribution >= 0.6 is 0 Å². The number of ether oxygens (including phenoxy) is 1. The van der Waals surface area contributed by atoms with Gasteiger partial charge in [-0.3, -0.25) is 4.79 Å². The summed E-state index contributed by atoms with van der Waals surface area (Å²) in [6.45, 7) is 3.60. The smallest absolute Gasteiger partial charge is 0.224 e. The number of hydrogen-bond donors (Lipinski definition) is 2. The number of amides is 1. The Hall–Kier alpha value is -1.55. The number of carbonyl (C=O) groups is 1. The Labute approximate surface area is 113 Å². The van der Waals surface area contributed by atoms with Gasteiger partial charge < -0.3 is 15.2 Å². The van der Waals surface area contributed by atoms with E-state index in [-0.39, 0.29) is 24.1 Å². The van der Waals surface area contributed by atoms with Gasteiger partial charge in [-0.1, -0.05) is 18.2 Å². The average molecular weight is 263 g/mol. The predicted molar refractivity (Wildman–Crippen MR) is 73.0 cm³/mol. The number of nitrogens with one attached hydrogen (secondary N) is 1. The van der Waals surface area contributed by atoms with Gasteiger partial charge in [-0.25, -0.2) is 0 Å². The normalized spacial score (nSPS) is 17.9. The van der Waals surface area contributed by atoms with Crippen molar-refractivity contribution in [3.05, 3.63) is 29.8 Å². The van der Waals surface area contributed by atoms with Crippen LogP contribution in [0.2, 0.25) is 0 Å². The Morgan fingerprint density at radius 2 is 2.11 bits per heavy atom. The molecule has 1 fully saturated rings. The second-order valence-corrected chi connectivity index (χ2v) is 5.11. The summed E-state index contributed by atoms with van der Waals surface area (Å²) in [6, 6.07) is 7.10. The minimum atomic E-state index is -0.0412. The van der Waals surface area contributed by atoms with Crippen LogP contribution in [0.15, 0.2) is 24.3 Å². The quantitative estimate of drug-likeness (QED) is 0.872. The van der Waals surface area contributed by atoms with Gasteiger partial charge in [0.05, 0.1) is 6.42 Å². The molecule has 1 amide bonds. The SMILES string of the molecule is CC(NC(=O)Cc1ccccc1O)C1CCOCC1. The van der Waals surface area contributed by atoms with Gasteiger partial charge >= 0.3 is 0 Å². The van der Waals surface area contributed by atoms with Gasteiger partial charge in [0.2, 0.25) is 5.91 Å². The van der Waals surface area contributed by atoms with Crippen LogP contribution in [0.5, 0.6) is 5.75 Å². The van der Waals surface area contributed by atoms with Crippen LogP contribution in [0, 0.1) is 5.92 Å². The average Bonchev–Trinajstić information content (AvgIpc) is 2.42. The van der Waals surface area contributed by atoms with E-state index in [1.807, 2.05) is 13.0 Å². The molecule has 1 unspecified atom stereocenters. The molecule has 1 heterocycles. The number of phenols is 1. The molecule has 0 spiro atoms. The summed E-state index contributed by atoms with van der Waals surface area (Å²) >= 11 is 0. The molecule has 0 radical (unpaired) electrons. The topological polar surface area (TPSA) is 58.6 Å². The highest BCUT2D eigenvalue weighted by Gasteiger charge is 2.22. The molecule has 2 rings (SSSR count). The van der Waals surface area contributed by atoms with Crippen LogP contribution in [0.25, 0.3) is 0 Å². The number of para-hydroxylation sites is 1. The van der Waals surface area contributed by atoms with E-state index in [2.05, 4.69) is 5.32 Å². The fraction of sp³-hybridized carbons (Fsp3) is 0.533. The maximum atomic E-state index is 12.0. The van der Waals surface area contributed by atoms with Crippen molar-refractivity contribution in [3.63, 3.8) is 0 Å². The molecule has 0 aliphatic carbocycles. The fourth-order valence-corrected chi connectivity index (χ4v) is 2.47. The first kappa shape index (κ1) is 13.9. The number of benzene rings is 1.